The number of hydrogen-bond donors (Lipinski definition) is 0. The van der Waals surface area contributed by atoms with Crippen molar-refractivity contribution in [2.24, 2.45) is 0 Å². The predicted molar refractivity (Wildman–Crippen MR) is 98.4 cm³/mol. The Hall–Kier alpha value is -1.42. The largest absolute Gasteiger partial charge is 0.492 e. The third-order valence-corrected chi connectivity index (χ3v) is 4.85. The maximum absolute atomic E-state index is 6.14. The molecule has 0 atom stereocenters. The van der Waals surface area contributed by atoms with Crippen molar-refractivity contribution in [2.75, 3.05) is 26.2 Å². The van der Waals surface area contributed by atoms with E-state index in [1.165, 1.54) is 25.9 Å². The summed E-state index contributed by atoms with van der Waals surface area (Å²) in [5.74, 6) is 1.62. The molecule has 0 unspecified atom stereocenters. The van der Waals surface area contributed by atoms with Crippen LogP contribution in [0.4, 0.5) is 0 Å². The van der Waals surface area contributed by atoms with Crippen LogP contribution >= 0.6 is 23.2 Å². The summed E-state index contributed by atoms with van der Waals surface area (Å²) in [7, 11) is 0. The summed E-state index contributed by atoms with van der Waals surface area (Å²) in [6.07, 6.45) is 2.61. The van der Waals surface area contributed by atoms with Gasteiger partial charge in [-0.25, -0.2) is 0 Å². The molecule has 2 aromatic rings. The second-order valence-corrected chi connectivity index (χ2v) is 6.67. The van der Waals surface area contributed by atoms with Crippen molar-refractivity contribution >= 4 is 23.2 Å². The quantitative estimate of drug-likeness (QED) is 0.685. The zero-order chi connectivity index (χ0) is 16.8. The molecule has 2 aromatic carbocycles. The molecule has 5 heteroatoms. The molecule has 0 N–H and O–H groups in total. The molecule has 1 fully saturated rings. The summed E-state index contributed by atoms with van der Waals surface area (Å²) < 4.78 is 11.5. The summed E-state index contributed by atoms with van der Waals surface area (Å²) >= 11 is 12.3. The fraction of sp³-hybridized carbons (Fsp3) is 0.368. The van der Waals surface area contributed by atoms with Gasteiger partial charge in [0.2, 0.25) is 0 Å². The fourth-order valence-electron chi connectivity index (χ4n) is 2.76. The minimum absolute atomic E-state index is 0.341. The summed E-state index contributed by atoms with van der Waals surface area (Å²) in [6.45, 7) is 4.44. The monoisotopic (exact) mass is 365 g/mol. The van der Waals surface area contributed by atoms with E-state index >= 15 is 0 Å². The van der Waals surface area contributed by atoms with Crippen LogP contribution in [-0.4, -0.2) is 31.1 Å². The Bertz CT molecular complexity index is 635. The Morgan fingerprint density at radius 1 is 0.833 bits per heavy atom. The van der Waals surface area contributed by atoms with E-state index in [0.29, 0.717) is 16.7 Å². The number of likely N-dealkylation sites (tertiary alicyclic amines) is 1. The normalized spacial score (nSPS) is 14.8. The first-order valence-electron chi connectivity index (χ1n) is 8.23. The molecular weight excluding hydrogens is 345 g/mol. The molecule has 1 heterocycles. The molecule has 0 amide bonds. The van der Waals surface area contributed by atoms with Gasteiger partial charge in [0, 0.05) is 22.2 Å². The first kappa shape index (κ1) is 17.4. The van der Waals surface area contributed by atoms with Crippen LogP contribution in [0.1, 0.15) is 18.4 Å². The van der Waals surface area contributed by atoms with E-state index in [0.717, 1.165) is 30.2 Å². The third kappa shape index (κ3) is 4.79. The molecule has 0 bridgehead atoms. The number of halogens is 2. The molecule has 0 radical (unpaired) electrons. The van der Waals surface area contributed by atoms with E-state index in [1.54, 1.807) is 0 Å². The molecule has 0 spiro atoms. The minimum Gasteiger partial charge on any atom is -0.492 e. The number of ether oxygens (including phenoxy) is 2. The molecule has 3 rings (SSSR count). The molecule has 1 saturated heterocycles. The van der Waals surface area contributed by atoms with E-state index in [9.17, 15) is 0 Å². The molecular formula is C19H21Cl2NO2. The number of benzene rings is 2. The lowest BCUT2D eigenvalue weighted by Gasteiger charge is -2.15. The molecule has 0 aliphatic carbocycles. The van der Waals surface area contributed by atoms with Crippen LogP contribution in [0.3, 0.4) is 0 Å². The number of hydrogen-bond acceptors (Lipinski definition) is 3. The highest BCUT2D eigenvalue weighted by Crippen LogP contribution is 2.26. The van der Waals surface area contributed by atoms with E-state index in [2.05, 4.69) is 4.90 Å². The maximum Gasteiger partial charge on any atom is 0.120 e. The van der Waals surface area contributed by atoms with Crippen molar-refractivity contribution in [3.8, 4) is 11.5 Å². The van der Waals surface area contributed by atoms with Gasteiger partial charge in [-0.15, -0.1) is 0 Å². The van der Waals surface area contributed by atoms with Gasteiger partial charge in [0.05, 0.1) is 0 Å². The molecule has 24 heavy (non-hydrogen) atoms. The van der Waals surface area contributed by atoms with Crippen LogP contribution in [0, 0.1) is 0 Å². The molecule has 1 aliphatic heterocycles. The average molecular weight is 366 g/mol. The molecule has 3 nitrogen and oxygen atoms in total. The van der Waals surface area contributed by atoms with E-state index in [1.807, 2.05) is 42.5 Å². The zero-order valence-electron chi connectivity index (χ0n) is 13.5. The highest BCUT2D eigenvalue weighted by Gasteiger charge is 2.11. The first-order valence-corrected chi connectivity index (χ1v) is 8.99. The van der Waals surface area contributed by atoms with Crippen LogP contribution < -0.4 is 9.47 Å². The van der Waals surface area contributed by atoms with Crippen LogP contribution in [0.25, 0.3) is 0 Å². The maximum atomic E-state index is 6.14. The van der Waals surface area contributed by atoms with Crippen LogP contribution in [0.15, 0.2) is 42.5 Å². The predicted octanol–water partition coefficient (Wildman–Crippen LogP) is 5.05. The van der Waals surface area contributed by atoms with Crippen molar-refractivity contribution in [1.82, 2.24) is 4.90 Å². The Labute approximate surface area is 153 Å². The highest BCUT2D eigenvalue weighted by molar-refractivity contribution is 6.35. The number of nitrogens with zero attached hydrogens (tertiary/aromatic N) is 1. The van der Waals surface area contributed by atoms with Crippen molar-refractivity contribution in [3.05, 3.63) is 58.1 Å². The van der Waals surface area contributed by atoms with E-state index < -0.39 is 0 Å². The van der Waals surface area contributed by atoms with Crippen LogP contribution in [0.5, 0.6) is 11.5 Å². The SMILES string of the molecule is Clc1cccc(Cl)c1COc1ccc(OCCN2CCCC2)cc1. The second-order valence-electron chi connectivity index (χ2n) is 5.86. The fourth-order valence-corrected chi connectivity index (χ4v) is 3.26. The standard InChI is InChI=1S/C19H21Cl2NO2/c20-18-4-3-5-19(21)17(18)14-24-16-8-6-15(7-9-16)23-13-12-22-10-1-2-11-22/h3-9H,1-2,10-14H2. The van der Waals surface area contributed by atoms with Gasteiger partial charge in [-0.3, -0.25) is 4.90 Å². The van der Waals surface area contributed by atoms with Crippen LogP contribution in [0.2, 0.25) is 10.0 Å². The lowest BCUT2D eigenvalue weighted by molar-refractivity contribution is 0.237. The van der Waals surface area contributed by atoms with E-state index in [4.69, 9.17) is 32.7 Å². The Morgan fingerprint density at radius 2 is 1.42 bits per heavy atom. The first-order chi connectivity index (χ1) is 11.7. The summed E-state index contributed by atoms with van der Waals surface area (Å²) in [6, 6.07) is 13.1. The Morgan fingerprint density at radius 3 is 2.04 bits per heavy atom. The highest BCUT2D eigenvalue weighted by atomic mass is 35.5. The van der Waals surface area contributed by atoms with Gasteiger partial charge in [-0.2, -0.15) is 0 Å². The van der Waals surface area contributed by atoms with Gasteiger partial charge in [-0.1, -0.05) is 29.3 Å². The van der Waals surface area contributed by atoms with Crippen molar-refractivity contribution in [3.63, 3.8) is 0 Å². The zero-order valence-corrected chi connectivity index (χ0v) is 15.0. The summed E-state index contributed by atoms with van der Waals surface area (Å²) in [5.41, 5.74) is 0.798. The molecule has 0 aromatic heterocycles. The summed E-state index contributed by atoms with van der Waals surface area (Å²) in [4.78, 5) is 2.44. The topological polar surface area (TPSA) is 21.7 Å². The van der Waals surface area contributed by atoms with Crippen molar-refractivity contribution in [2.45, 2.75) is 19.4 Å². The Kier molecular flexibility index (Phi) is 6.24. The molecule has 1 aliphatic rings. The molecule has 0 saturated carbocycles. The van der Waals surface area contributed by atoms with Gasteiger partial charge >= 0.3 is 0 Å². The van der Waals surface area contributed by atoms with Crippen LogP contribution in [-0.2, 0) is 6.61 Å². The van der Waals surface area contributed by atoms with Crippen molar-refractivity contribution in [1.29, 1.82) is 0 Å². The van der Waals surface area contributed by atoms with Gasteiger partial charge in [0.25, 0.3) is 0 Å². The minimum atomic E-state index is 0.341. The second kappa shape index (κ2) is 8.61. The van der Waals surface area contributed by atoms with Gasteiger partial charge in [0.1, 0.15) is 24.7 Å². The van der Waals surface area contributed by atoms with Gasteiger partial charge < -0.3 is 9.47 Å². The van der Waals surface area contributed by atoms with E-state index in [-0.39, 0.29) is 0 Å². The summed E-state index contributed by atoms with van der Waals surface area (Å²) in [5, 5.41) is 1.23. The lowest BCUT2D eigenvalue weighted by Crippen LogP contribution is -2.25. The number of rotatable bonds is 7. The Balaban J connectivity index is 1.47. The van der Waals surface area contributed by atoms with Crippen molar-refractivity contribution < 1.29 is 9.47 Å². The molecule has 128 valence electrons. The third-order valence-electron chi connectivity index (χ3n) is 4.14. The van der Waals surface area contributed by atoms with Gasteiger partial charge in [-0.05, 0) is 62.3 Å². The van der Waals surface area contributed by atoms with Gasteiger partial charge in [0.15, 0.2) is 0 Å². The lowest BCUT2D eigenvalue weighted by atomic mass is 10.2. The smallest absolute Gasteiger partial charge is 0.120 e. The average Bonchev–Trinajstić information content (AvgIpc) is 3.09.